The largest absolute Gasteiger partial charge is 0.394 e. The Bertz CT molecular complexity index is 272. The normalized spacial score (nSPS) is 18.3. The third kappa shape index (κ3) is 1.77. The van der Waals surface area contributed by atoms with Crippen LogP contribution in [0.2, 0.25) is 0 Å². The lowest BCUT2D eigenvalue weighted by Gasteiger charge is -2.08. The summed E-state index contributed by atoms with van der Waals surface area (Å²) in [7, 11) is 0. The Labute approximate surface area is 82.4 Å². The average molecular weight is 197 g/mol. The summed E-state index contributed by atoms with van der Waals surface area (Å²) in [5, 5.41) is 8.93. The van der Waals surface area contributed by atoms with Gasteiger partial charge >= 0.3 is 0 Å². The van der Waals surface area contributed by atoms with Crippen molar-refractivity contribution in [3.63, 3.8) is 0 Å². The molecule has 1 aromatic rings. The van der Waals surface area contributed by atoms with Gasteiger partial charge in [-0.15, -0.1) is 11.3 Å². The van der Waals surface area contributed by atoms with Gasteiger partial charge in [0.1, 0.15) is 0 Å². The van der Waals surface area contributed by atoms with E-state index in [1.807, 2.05) is 0 Å². The highest BCUT2D eigenvalue weighted by Crippen LogP contribution is 2.31. The summed E-state index contributed by atoms with van der Waals surface area (Å²) >= 11 is 1.78. The SMILES string of the molecule is N[C@@H](CO)c1cc2c(s1)CCCC2. The van der Waals surface area contributed by atoms with E-state index in [4.69, 9.17) is 10.8 Å². The highest BCUT2D eigenvalue weighted by atomic mass is 32.1. The number of aliphatic hydroxyl groups excluding tert-OH is 1. The molecule has 2 nitrogen and oxygen atoms in total. The highest BCUT2D eigenvalue weighted by molar-refractivity contribution is 7.12. The van der Waals surface area contributed by atoms with Gasteiger partial charge in [0, 0.05) is 9.75 Å². The van der Waals surface area contributed by atoms with Gasteiger partial charge in [-0.3, -0.25) is 0 Å². The molecule has 1 aromatic heterocycles. The lowest BCUT2D eigenvalue weighted by Crippen LogP contribution is -2.12. The van der Waals surface area contributed by atoms with Crippen LogP contribution in [0.3, 0.4) is 0 Å². The summed E-state index contributed by atoms with van der Waals surface area (Å²) in [5.74, 6) is 0. The third-order valence-corrected chi connectivity index (χ3v) is 3.95. The van der Waals surface area contributed by atoms with Gasteiger partial charge in [0.25, 0.3) is 0 Å². The molecule has 0 saturated carbocycles. The molecule has 3 N–H and O–H groups in total. The Kier molecular flexibility index (Phi) is 2.67. The fourth-order valence-corrected chi connectivity index (χ4v) is 3.04. The van der Waals surface area contributed by atoms with Gasteiger partial charge in [-0.05, 0) is 37.3 Å². The van der Waals surface area contributed by atoms with Gasteiger partial charge < -0.3 is 10.8 Å². The van der Waals surface area contributed by atoms with E-state index in [-0.39, 0.29) is 12.6 Å². The maximum absolute atomic E-state index is 8.93. The minimum Gasteiger partial charge on any atom is -0.394 e. The number of aryl methyl sites for hydroxylation is 2. The first-order valence-electron chi connectivity index (χ1n) is 4.79. The molecule has 13 heavy (non-hydrogen) atoms. The molecule has 0 spiro atoms. The van der Waals surface area contributed by atoms with E-state index in [0.29, 0.717) is 0 Å². The number of fused-ring (bicyclic) bond motifs is 1. The molecule has 72 valence electrons. The molecular formula is C10H15NOS. The maximum Gasteiger partial charge on any atom is 0.0632 e. The van der Waals surface area contributed by atoms with Gasteiger partial charge in [-0.2, -0.15) is 0 Å². The standard InChI is InChI=1S/C10H15NOS/c11-8(6-12)10-5-7-3-1-2-4-9(7)13-10/h5,8,12H,1-4,6,11H2/t8-/m0/s1. The fourth-order valence-electron chi connectivity index (χ4n) is 1.79. The second kappa shape index (κ2) is 3.78. The molecule has 0 aromatic carbocycles. The molecule has 0 saturated heterocycles. The van der Waals surface area contributed by atoms with E-state index in [1.165, 1.54) is 36.1 Å². The lowest BCUT2D eigenvalue weighted by molar-refractivity contribution is 0.269. The number of aliphatic hydroxyl groups is 1. The summed E-state index contributed by atoms with van der Waals surface area (Å²) in [6.45, 7) is 0.0550. The highest BCUT2D eigenvalue weighted by Gasteiger charge is 2.15. The van der Waals surface area contributed by atoms with Crippen LogP contribution in [0.15, 0.2) is 6.07 Å². The van der Waals surface area contributed by atoms with E-state index in [0.717, 1.165) is 4.88 Å². The van der Waals surface area contributed by atoms with Crippen molar-refractivity contribution in [1.82, 2.24) is 0 Å². The fraction of sp³-hybridized carbons (Fsp3) is 0.600. The first kappa shape index (κ1) is 9.19. The van der Waals surface area contributed by atoms with Gasteiger partial charge in [0.2, 0.25) is 0 Å². The second-order valence-electron chi connectivity index (χ2n) is 3.59. The van der Waals surface area contributed by atoms with Gasteiger partial charge in [-0.1, -0.05) is 0 Å². The zero-order valence-corrected chi connectivity index (χ0v) is 8.44. The molecule has 0 radical (unpaired) electrons. The van der Waals surface area contributed by atoms with Crippen molar-refractivity contribution >= 4 is 11.3 Å². The monoisotopic (exact) mass is 197 g/mol. The molecule has 1 aliphatic rings. The Balaban J connectivity index is 2.25. The minimum atomic E-state index is -0.171. The molecule has 3 heteroatoms. The zero-order valence-electron chi connectivity index (χ0n) is 7.62. The van der Waals surface area contributed by atoms with Crippen molar-refractivity contribution in [3.05, 3.63) is 21.4 Å². The van der Waals surface area contributed by atoms with Gasteiger partial charge in [0.05, 0.1) is 12.6 Å². The molecule has 0 bridgehead atoms. The quantitative estimate of drug-likeness (QED) is 0.756. The first-order valence-corrected chi connectivity index (χ1v) is 5.61. The predicted molar refractivity (Wildman–Crippen MR) is 55.0 cm³/mol. The van der Waals surface area contributed by atoms with Gasteiger partial charge in [0.15, 0.2) is 0 Å². The van der Waals surface area contributed by atoms with Crippen molar-refractivity contribution in [2.75, 3.05) is 6.61 Å². The molecule has 1 atom stereocenters. The van der Waals surface area contributed by atoms with E-state index >= 15 is 0 Å². The van der Waals surface area contributed by atoms with Crippen molar-refractivity contribution in [1.29, 1.82) is 0 Å². The molecule has 0 unspecified atom stereocenters. The van der Waals surface area contributed by atoms with Crippen LogP contribution in [0.1, 0.15) is 34.2 Å². The van der Waals surface area contributed by atoms with Crippen LogP contribution in [0.4, 0.5) is 0 Å². The van der Waals surface area contributed by atoms with Crippen LogP contribution in [-0.2, 0) is 12.8 Å². The van der Waals surface area contributed by atoms with E-state index < -0.39 is 0 Å². The summed E-state index contributed by atoms with van der Waals surface area (Å²) < 4.78 is 0. The van der Waals surface area contributed by atoms with Crippen LogP contribution >= 0.6 is 11.3 Å². The first-order chi connectivity index (χ1) is 6.31. The molecule has 1 aliphatic carbocycles. The molecular weight excluding hydrogens is 182 g/mol. The van der Waals surface area contributed by atoms with Crippen LogP contribution in [-0.4, -0.2) is 11.7 Å². The van der Waals surface area contributed by atoms with Crippen molar-refractivity contribution in [2.45, 2.75) is 31.7 Å². The molecule has 0 aliphatic heterocycles. The van der Waals surface area contributed by atoms with Crippen molar-refractivity contribution in [2.24, 2.45) is 5.73 Å². The average Bonchev–Trinajstić information content (AvgIpc) is 2.59. The van der Waals surface area contributed by atoms with Crippen molar-refractivity contribution in [3.8, 4) is 0 Å². The Morgan fingerprint density at radius 2 is 2.23 bits per heavy atom. The number of hydrogen-bond donors (Lipinski definition) is 2. The number of thiophene rings is 1. The summed E-state index contributed by atoms with van der Waals surface area (Å²) in [5.41, 5.74) is 7.23. The second-order valence-corrected chi connectivity index (χ2v) is 4.76. The van der Waals surface area contributed by atoms with E-state index in [2.05, 4.69) is 6.07 Å². The Morgan fingerprint density at radius 3 is 2.92 bits per heavy atom. The lowest BCUT2D eigenvalue weighted by atomic mass is 9.99. The maximum atomic E-state index is 8.93. The minimum absolute atomic E-state index is 0.0550. The molecule has 0 fully saturated rings. The third-order valence-electron chi connectivity index (χ3n) is 2.58. The van der Waals surface area contributed by atoms with Gasteiger partial charge in [-0.25, -0.2) is 0 Å². The number of hydrogen-bond acceptors (Lipinski definition) is 3. The van der Waals surface area contributed by atoms with Crippen molar-refractivity contribution < 1.29 is 5.11 Å². The zero-order chi connectivity index (χ0) is 9.26. The summed E-state index contributed by atoms with van der Waals surface area (Å²) in [6, 6.07) is 2.01. The van der Waals surface area contributed by atoms with Crippen LogP contribution < -0.4 is 5.73 Å². The van der Waals surface area contributed by atoms with E-state index in [9.17, 15) is 0 Å². The van der Waals surface area contributed by atoms with Crippen LogP contribution in [0.5, 0.6) is 0 Å². The summed E-state index contributed by atoms with van der Waals surface area (Å²) in [4.78, 5) is 2.64. The Morgan fingerprint density at radius 1 is 1.46 bits per heavy atom. The van der Waals surface area contributed by atoms with Crippen LogP contribution in [0.25, 0.3) is 0 Å². The van der Waals surface area contributed by atoms with E-state index in [1.54, 1.807) is 11.3 Å². The summed E-state index contributed by atoms with van der Waals surface area (Å²) in [6.07, 6.45) is 5.01. The van der Waals surface area contributed by atoms with Crippen LogP contribution in [0, 0.1) is 0 Å². The Hall–Kier alpha value is -0.380. The predicted octanol–water partition coefficient (Wildman–Crippen LogP) is 1.62. The molecule has 2 rings (SSSR count). The topological polar surface area (TPSA) is 46.2 Å². The molecule has 1 heterocycles. The molecule has 0 amide bonds. The number of nitrogens with two attached hydrogens (primary N) is 1. The number of rotatable bonds is 2. The smallest absolute Gasteiger partial charge is 0.0632 e.